The van der Waals surface area contributed by atoms with Gasteiger partial charge in [-0.15, -0.1) is 0 Å². The van der Waals surface area contributed by atoms with Crippen molar-refractivity contribution in [3.63, 3.8) is 0 Å². The molecule has 0 aromatic heterocycles. The zero-order chi connectivity index (χ0) is 17.5. The molecule has 0 saturated carbocycles. The summed E-state index contributed by atoms with van der Waals surface area (Å²) in [5, 5.41) is 2.77. The number of nitrogens with one attached hydrogen (secondary N) is 2. The molecule has 0 saturated heterocycles. The summed E-state index contributed by atoms with van der Waals surface area (Å²) in [6, 6.07) is 4.55. The van der Waals surface area contributed by atoms with E-state index in [4.69, 9.17) is 4.74 Å². The lowest BCUT2D eigenvalue weighted by atomic mass is 10.1. The second-order valence-corrected chi connectivity index (χ2v) is 7.32. The number of amides is 1. The quantitative estimate of drug-likeness (QED) is 0.671. The van der Waals surface area contributed by atoms with Gasteiger partial charge >= 0.3 is 0 Å². The molecule has 0 heterocycles. The molecule has 0 radical (unpaired) electrons. The molecule has 2 N–H and O–H groups in total. The fraction of sp³-hybridized carbons (Fsp3) is 0.562. The minimum atomic E-state index is -3.63. The van der Waals surface area contributed by atoms with Crippen molar-refractivity contribution in [2.24, 2.45) is 0 Å². The van der Waals surface area contributed by atoms with Gasteiger partial charge in [-0.05, 0) is 51.8 Å². The zero-order valence-corrected chi connectivity index (χ0v) is 15.0. The van der Waals surface area contributed by atoms with Crippen LogP contribution in [0.25, 0.3) is 0 Å². The van der Waals surface area contributed by atoms with Gasteiger partial charge in [0.1, 0.15) is 0 Å². The predicted octanol–water partition coefficient (Wildman–Crippen LogP) is 1.84. The van der Waals surface area contributed by atoms with Crippen molar-refractivity contribution in [2.45, 2.75) is 45.1 Å². The third-order valence-electron chi connectivity index (χ3n) is 3.15. The van der Waals surface area contributed by atoms with Gasteiger partial charge in [0, 0.05) is 31.4 Å². The van der Waals surface area contributed by atoms with Crippen LogP contribution in [0.1, 0.15) is 43.1 Å². The number of hydrogen-bond acceptors (Lipinski definition) is 4. The van der Waals surface area contributed by atoms with Crippen molar-refractivity contribution in [3.8, 4) is 0 Å². The lowest BCUT2D eigenvalue weighted by molar-refractivity contribution is 0.0942. The van der Waals surface area contributed by atoms with Crippen LogP contribution in [0.4, 0.5) is 0 Å². The van der Waals surface area contributed by atoms with Crippen molar-refractivity contribution >= 4 is 15.9 Å². The molecule has 0 bridgehead atoms. The average molecular weight is 342 g/mol. The third-order valence-corrected chi connectivity index (χ3v) is 4.60. The maximum absolute atomic E-state index is 12.3. The molecule has 0 spiro atoms. The molecule has 130 valence electrons. The molecule has 1 aromatic rings. The van der Waals surface area contributed by atoms with Gasteiger partial charge in [0.25, 0.3) is 5.91 Å². The third kappa shape index (κ3) is 6.29. The summed E-state index contributed by atoms with van der Waals surface area (Å²) in [7, 11) is -3.63. The van der Waals surface area contributed by atoms with Gasteiger partial charge in [-0.25, -0.2) is 13.1 Å². The largest absolute Gasteiger partial charge is 0.382 e. The first kappa shape index (κ1) is 19.6. The molecule has 6 nitrogen and oxygen atoms in total. The lowest BCUT2D eigenvalue weighted by Gasteiger charge is -2.12. The van der Waals surface area contributed by atoms with E-state index in [-0.39, 0.29) is 16.8 Å². The van der Waals surface area contributed by atoms with E-state index in [1.807, 2.05) is 20.8 Å². The van der Waals surface area contributed by atoms with E-state index in [0.29, 0.717) is 31.7 Å². The van der Waals surface area contributed by atoms with Gasteiger partial charge in [-0.1, -0.05) is 6.07 Å². The number of benzene rings is 1. The molecule has 0 unspecified atom stereocenters. The minimum Gasteiger partial charge on any atom is -0.382 e. The highest BCUT2D eigenvalue weighted by molar-refractivity contribution is 7.89. The Balaban J connectivity index is 2.85. The van der Waals surface area contributed by atoms with Crippen LogP contribution in [0.5, 0.6) is 0 Å². The molecule has 0 aliphatic heterocycles. The SMILES string of the molecule is CCOCCCNS(=O)(=O)c1ccc(C)c(C(=O)NC(C)C)c1. The Hall–Kier alpha value is -1.44. The molecule has 1 rings (SSSR count). The van der Waals surface area contributed by atoms with Crippen LogP contribution in [0.3, 0.4) is 0 Å². The van der Waals surface area contributed by atoms with E-state index >= 15 is 0 Å². The molecular weight excluding hydrogens is 316 g/mol. The average Bonchev–Trinajstić information content (AvgIpc) is 2.46. The van der Waals surface area contributed by atoms with Gasteiger partial charge in [-0.3, -0.25) is 4.79 Å². The first-order valence-corrected chi connectivity index (χ1v) is 9.25. The van der Waals surface area contributed by atoms with Crippen molar-refractivity contribution in [1.82, 2.24) is 10.0 Å². The molecule has 7 heteroatoms. The van der Waals surface area contributed by atoms with Gasteiger partial charge in [0.2, 0.25) is 10.0 Å². The number of ether oxygens (including phenoxy) is 1. The van der Waals surface area contributed by atoms with Crippen LogP contribution in [0, 0.1) is 6.92 Å². The fourth-order valence-corrected chi connectivity index (χ4v) is 3.06. The van der Waals surface area contributed by atoms with Crippen LogP contribution >= 0.6 is 0 Å². The molecule has 1 aromatic carbocycles. The smallest absolute Gasteiger partial charge is 0.251 e. The number of rotatable bonds is 9. The zero-order valence-electron chi connectivity index (χ0n) is 14.2. The van der Waals surface area contributed by atoms with E-state index in [1.165, 1.54) is 12.1 Å². The predicted molar refractivity (Wildman–Crippen MR) is 90.1 cm³/mol. The molecule has 0 atom stereocenters. The Labute approximate surface area is 138 Å². The summed E-state index contributed by atoms with van der Waals surface area (Å²) in [6.07, 6.45) is 0.597. The number of hydrogen-bond donors (Lipinski definition) is 2. The van der Waals surface area contributed by atoms with E-state index in [9.17, 15) is 13.2 Å². The Morgan fingerprint density at radius 2 is 2.00 bits per heavy atom. The Bertz CT molecular complexity index is 627. The minimum absolute atomic E-state index is 0.0150. The van der Waals surface area contributed by atoms with Gasteiger partial charge in [-0.2, -0.15) is 0 Å². The first-order valence-electron chi connectivity index (χ1n) is 7.77. The number of carbonyl (C=O) groups excluding carboxylic acids is 1. The monoisotopic (exact) mass is 342 g/mol. The second kappa shape index (κ2) is 9.00. The summed E-state index contributed by atoms with van der Waals surface area (Å²) in [5.74, 6) is -0.272. The topological polar surface area (TPSA) is 84.5 Å². The van der Waals surface area contributed by atoms with E-state index in [1.54, 1.807) is 13.0 Å². The van der Waals surface area contributed by atoms with Crippen molar-refractivity contribution in [2.75, 3.05) is 19.8 Å². The van der Waals surface area contributed by atoms with Crippen molar-refractivity contribution < 1.29 is 17.9 Å². The summed E-state index contributed by atoms with van der Waals surface area (Å²) >= 11 is 0. The maximum Gasteiger partial charge on any atom is 0.251 e. The van der Waals surface area contributed by atoms with Crippen LogP contribution in [0.15, 0.2) is 23.1 Å². The van der Waals surface area contributed by atoms with Crippen molar-refractivity contribution in [1.29, 1.82) is 0 Å². The van der Waals surface area contributed by atoms with Crippen LogP contribution in [-0.2, 0) is 14.8 Å². The Morgan fingerprint density at radius 1 is 1.30 bits per heavy atom. The summed E-state index contributed by atoms with van der Waals surface area (Å²) in [6.45, 7) is 8.79. The van der Waals surface area contributed by atoms with E-state index < -0.39 is 10.0 Å². The number of carbonyl (C=O) groups is 1. The number of sulfonamides is 1. The molecule has 1 amide bonds. The van der Waals surface area contributed by atoms with Gasteiger partial charge in [0.05, 0.1) is 4.90 Å². The van der Waals surface area contributed by atoms with Crippen LogP contribution in [-0.4, -0.2) is 40.1 Å². The van der Waals surface area contributed by atoms with Gasteiger partial charge < -0.3 is 10.1 Å². The standard InChI is InChI=1S/C16H26N2O4S/c1-5-22-10-6-9-17-23(20,21)14-8-7-13(4)15(11-14)16(19)18-12(2)3/h7-8,11-12,17H,5-6,9-10H2,1-4H3,(H,18,19). The summed E-state index contributed by atoms with van der Waals surface area (Å²) in [5.41, 5.74) is 1.11. The summed E-state index contributed by atoms with van der Waals surface area (Å²) in [4.78, 5) is 12.2. The highest BCUT2D eigenvalue weighted by Gasteiger charge is 2.18. The van der Waals surface area contributed by atoms with Gasteiger partial charge in [0.15, 0.2) is 0 Å². The second-order valence-electron chi connectivity index (χ2n) is 5.55. The molecule has 23 heavy (non-hydrogen) atoms. The molecular formula is C16H26N2O4S. The lowest BCUT2D eigenvalue weighted by Crippen LogP contribution is -2.31. The summed E-state index contributed by atoms with van der Waals surface area (Å²) < 4.78 is 32.3. The van der Waals surface area contributed by atoms with E-state index in [0.717, 1.165) is 5.56 Å². The maximum atomic E-state index is 12.3. The normalized spacial score (nSPS) is 11.7. The van der Waals surface area contributed by atoms with Crippen molar-refractivity contribution in [3.05, 3.63) is 29.3 Å². The van der Waals surface area contributed by atoms with E-state index in [2.05, 4.69) is 10.0 Å². The molecule has 0 aliphatic carbocycles. The Morgan fingerprint density at radius 3 is 2.61 bits per heavy atom. The molecule has 0 fully saturated rings. The number of aryl methyl sites for hydroxylation is 1. The van der Waals surface area contributed by atoms with Crippen LogP contribution in [0.2, 0.25) is 0 Å². The molecule has 0 aliphatic rings. The fourth-order valence-electron chi connectivity index (χ4n) is 1.96. The highest BCUT2D eigenvalue weighted by Crippen LogP contribution is 2.16. The Kier molecular flexibility index (Phi) is 7.67. The first-order chi connectivity index (χ1) is 10.8. The highest BCUT2D eigenvalue weighted by atomic mass is 32.2. The van der Waals surface area contributed by atoms with Crippen LogP contribution < -0.4 is 10.0 Å².